The first-order valence-electron chi connectivity index (χ1n) is 5.13. The zero-order valence-corrected chi connectivity index (χ0v) is 9.03. The van der Waals surface area contributed by atoms with Crippen molar-refractivity contribution >= 4 is 11.5 Å². The van der Waals surface area contributed by atoms with E-state index < -0.39 is 0 Å². The van der Waals surface area contributed by atoms with Crippen LogP contribution in [0.15, 0.2) is 30.0 Å². The molecule has 0 atom stereocenters. The number of fused-ring (bicyclic) bond motifs is 1. The Kier molecular flexibility index (Phi) is 2.89. The van der Waals surface area contributed by atoms with Crippen LogP contribution in [0.1, 0.15) is 11.1 Å². The molecule has 0 bridgehead atoms. The highest BCUT2D eigenvalue weighted by molar-refractivity contribution is 5.88. The van der Waals surface area contributed by atoms with Crippen molar-refractivity contribution in [3.8, 4) is 12.1 Å². The summed E-state index contributed by atoms with van der Waals surface area (Å²) in [6.45, 7) is 0. The van der Waals surface area contributed by atoms with Gasteiger partial charge in [0.2, 0.25) is 0 Å². The Bertz CT molecular complexity index is 572. The van der Waals surface area contributed by atoms with E-state index in [-0.39, 0.29) is 11.4 Å². The van der Waals surface area contributed by atoms with Crippen LogP contribution in [0.2, 0.25) is 0 Å². The summed E-state index contributed by atoms with van der Waals surface area (Å²) in [4.78, 5) is 11.3. The van der Waals surface area contributed by atoms with Crippen molar-refractivity contribution < 1.29 is 4.79 Å². The molecule has 1 aromatic rings. The van der Waals surface area contributed by atoms with Crippen LogP contribution < -0.4 is 5.32 Å². The van der Waals surface area contributed by atoms with Crippen molar-refractivity contribution in [3.63, 3.8) is 0 Å². The average Bonchev–Trinajstić information content (AvgIpc) is 2.69. The van der Waals surface area contributed by atoms with Gasteiger partial charge in [-0.3, -0.25) is 4.79 Å². The maximum Gasteiger partial charge on any atom is 0.145 e. The van der Waals surface area contributed by atoms with Gasteiger partial charge >= 0.3 is 0 Å². The number of allylic oxidation sites excluding steroid dienone is 1. The normalized spacial score (nSPS) is 12.2. The van der Waals surface area contributed by atoms with Gasteiger partial charge in [0.05, 0.1) is 0 Å². The van der Waals surface area contributed by atoms with Gasteiger partial charge in [0.1, 0.15) is 23.5 Å². The maximum atomic E-state index is 11.3. The fourth-order valence-corrected chi connectivity index (χ4v) is 1.79. The largest absolute Gasteiger partial charge is 0.360 e. The Morgan fingerprint density at radius 2 is 1.94 bits per heavy atom. The molecule has 4 heteroatoms. The molecule has 0 radical (unpaired) electrons. The van der Waals surface area contributed by atoms with E-state index in [1.54, 1.807) is 12.1 Å². The van der Waals surface area contributed by atoms with E-state index in [1.165, 1.54) is 6.20 Å². The quantitative estimate of drug-likeness (QED) is 0.774. The van der Waals surface area contributed by atoms with Crippen molar-refractivity contribution in [2.75, 3.05) is 5.32 Å². The molecule has 0 unspecified atom stereocenters. The number of benzene rings is 1. The molecule has 4 nitrogen and oxygen atoms in total. The van der Waals surface area contributed by atoms with E-state index >= 15 is 0 Å². The van der Waals surface area contributed by atoms with Crippen LogP contribution in [-0.4, -0.2) is 5.78 Å². The minimum Gasteiger partial charge on any atom is -0.360 e. The van der Waals surface area contributed by atoms with Crippen molar-refractivity contribution in [3.05, 3.63) is 41.1 Å². The van der Waals surface area contributed by atoms with Crippen LogP contribution in [0, 0.1) is 22.7 Å². The molecule has 82 valence electrons. The van der Waals surface area contributed by atoms with Gasteiger partial charge in [0.25, 0.3) is 0 Å². The maximum absolute atomic E-state index is 11.3. The molecule has 1 N–H and O–H groups in total. The van der Waals surface area contributed by atoms with Crippen molar-refractivity contribution in [1.29, 1.82) is 10.5 Å². The van der Waals surface area contributed by atoms with Gasteiger partial charge < -0.3 is 5.32 Å². The zero-order chi connectivity index (χ0) is 12.3. The lowest BCUT2D eigenvalue weighted by Crippen LogP contribution is -1.93. The van der Waals surface area contributed by atoms with Crippen LogP contribution in [0.25, 0.3) is 0 Å². The van der Waals surface area contributed by atoms with Crippen LogP contribution in [-0.2, 0) is 17.6 Å². The second-order valence-corrected chi connectivity index (χ2v) is 3.80. The highest BCUT2D eigenvalue weighted by Crippen LogP contribution is 2.23. The number of anilines is 1. The number of Topliss-reactive ketones (excluding diaryl/α,β-unsaturated/α-hetero) is 1. The molecular weight excluding hydrogens is 214 g/mol. The lowest BCUT2D eigenvalue weighted by Gasteiger charge is -2.03. The number of rotatable bonds is 2. The number of hydrogen-bond donors (Lipinski definition) is 1. The summed E-state index contributed by atoms with van der Waals surface area (Å²) >= 11 is 0. The molecule has 0 heterocycles. The van der Waals surface area contributed by atoms with E-state index in [1.807, 2.05) is 18.2 Å². The molecule has 0 aromatic heterocycles. The van der Waals surface area contributed by atoms with Crippen LogP contribution in [0.5, 0.6) is 0 Å². The molecule has 2 rings (SSSR count). The average molecular weight is 223 g/mol. The number of carbonyl (C=O) groups is 1. The Balaban J connectivity index is 2.18. The second kappa shape index (κ2) is 4.51. The Morgan fingerprint density at radius 3 is 2.65 bits per heavy atom. The first-order chi connectivity index (χ1) is 8.22. The summed E-state index contributed by atoms with van der Waals surface area (Å²) in [5.74, 6) is 0.224. The molecule has 1 aliphatic rings. The van der Waals surface area contributed by atoms with Crippen LogP contribution >= 0.6 is 0 Å². The summed E-state index contributed by atoms with van der Waals surface area (Å²) in [6, 6.07) is 9.14. The van der Waals surface area contributed by atoms with Crippen molar-refractivity contribution in [2.45, 2.75) is 12.8 Å². The lowest BCUT2D eigenvalue weighted by molar-refractivity contribution is -0.117. The molecular formula is C13H9N3O. The van der Waals surface area contributed by atoms with Gasteiger partial charge in [-0.1, -0.05) is 6.07 Å². The van der Waals surface area contributed by atoms with Gasteiger partial charge in [0.15, 0.2) is 0 Å². The van der Waals surface area contributed by atoms with Crippen molar-refractivity contribution in [1.82, 2.24) is 0 Å². The lowest BCUT2D eigenvalue weighted by atomic mass is 10.1. The van der Waals surface area contributed by atoms with E-state index in [4.69, 9.17) is 10.5 Å². The Hall–Kier alpha value is -2.59. The monoisotopic (exact) mass is 223 g/mol. The number of ketones is 1. The molecule has 0 saturated heterocycles. The number of nitriles is 2. The third-order valence-electron chi connectivity index (χ3n) is 2.61. The molecule has 1 aliphatic carbocycles. The first kappa shape index (κ1) is 10.9. The van der Waals surface area contributed by atoms with Crippen molar-refractivity contribution in [2.24, 2.45) is 0 Å². The molecule has 0 fully saturated rings. The predicted octanol–water partition coefficient (Wildman–Crippen LogP) is 1.70. The SMILES string of the molecule is N#CC(C#N)=CNc1ccc2c(c1)CC(=O)C2. The number of carbonyl (C=O) groups excluding carboxylic acids is 1. The summed E-state index contributed by atoms with van der Waals surface area (Å²) < 4.78 is 0. The molecule has 0 spiro atoms. The van der Waals surface area contributed by atoms with Crippen LogP contribution in [0.4, 0.5) is 5.69 Å². The van der Waals surface area contributed by atoms with Crippen LogP contribution in [0.3, 0.4) is 0 Å². The fourth-order valence-electron chi connectivity index (χ4n) is 1.79. The summed E-state index contributed by atoms with van der Waals surface area (Å²) in [6.07, 6.45) is 2.34. The van der Waals surface area contributed by atoms with Gasteiger partial charge in [0, 0.05) is 24.7 Å². The third kappa shape index (κ3) is 2.32. The number of hydrogen-bond acceptors (Lipinski definition) is 4. The van der Waals surface area contributed by atoms with Gasteiger partial charge in [-0.2, -0.15) is 10.5 Å². The highest BCUT2D eigenvalue weighted by atomic mass is 16.1. The van der Waals surface area contributed by atoms with Gasteiger partial charge in [-0.25, -0.2) is 0 Å². The molecule has 0 saturated carbocycles. The first-order valence-corrected chi connectivity index (χ1v) is 5.13. The van der Waals surface area contributed by atoms with Gasteiger partial charge in [-0.15, -0.1) is 0 Å². The van der Waals surface area contributed by atoms with E-state index in [9.17, 15) is 4.79 Å². The highest BCUT2D eigenvalue weighted by Gasteiger charge is 2.17. The Morgan fingerprint density at radius 1 is 1.24 bits per heavy atom. The summed E-state index contributed by atoms with van der Waals surface area (Å²) in [7, 11) is 0. The molecule has 1 aromatic carbocycles. The minimum atomic E-state index is 0.0153. The van der Waals surface area contributed by atoms with E-state index in [2.05, 4.69) is 5.32 Å². The van der Waals surface area contributed by atoms with Gasteiger partial charge in [-0.05, 0) is 23.3 Å². The van der Waals surface area contributed by atoms with E-state index in [0.717, 1.165) is 16.8 Å². The third-order valence-corrected chi connectivity index (χ3v) is 2.61. The second-order valence-electron chi connectivity index (χ2n) is 3.80. The Labute approximate surface area is 98.8 Å². The number of nitrogens with zero attached hydrogens (tertiary/aromatic N) is 2. The summed E-state index contributed by atoms with van der Waals surface area (Å²) in [5.41, 5.74) is 2.87. The fraction of sp³-hybridized carbons (Fsp3) is 0.154. The number of nitrogens with one attached hydrogen (secondary N) is 1. The minimum absolute atomic E-state index is 0.0153. The topological polar surface area (TPSA) is 76.7 Å². The molecule has 0 amide bonds. The molecule has 0 aliphatic heterocycles. The smallest absolute Gasteiger partial charge is 0.145 e. The summed E-state index contributed by atoms with van der Waals surface area (Å²) in [5, 5.41) is 20.0. The molecule has 17 heavy (non-hydrogen) atoms. The zero-order valence-electron chi connectivity index (χ0n) is 9.03. The predicted molar refractivity (Wildman–Crippen MR) is 61.8 cm³/mol. The van der Waals surface area contributed by atoms with E-state index in [0.29, 0.717) is 12.8 Å². The standard InChI is InChI=1S/C13H9N3O/c14-6-9(7-15)8-16-12-2-1-10-4-13(17)5-11(10)3-12/h1-3,8,16H,4-5H2.